The fourth-order valence-corrected chi connectivity index (χ4v) is 6.19. The largest absolute Gasteiger partial charge is 0.444 e. The van der Waals surface area contributed by atoms with Gasteiger partial charge in [-0.25, -0.2) is 4.79 Å². The highest BCUT2D eigenvalue weighted by atomic mass is 79.9. The van der Waals surface area contributed by atoms with Gasteiger partial charge < -0.3 is 26.4 Å². The van der Waals surface area contributed by atoms with Crippen molar-refractivity contribution in [3.63, 3.8) is 0 Å². The highest BCUT2D eigenvalue weighted by Crippen LogP contribution is 2.41. The van der Waals surface area contributed by atoms with Crippen LogP contribution in [-0.2, 0) is 43.3 Å². The predicted molar refractivity (Wildman–Crippen MR) is 173 cm³/mol. The van der Waals surface area contributed by atoms with E-state index in [4.69, 9.17) is 10.5 Å². The highest BCUT2D eigenvalue weighted by molar-refractivity contribution is 9.10. The molecule has 2 aliphatic heterocycles. The van der Waals surface area contributed by atoms with Gasteiger partial charge in [0.2, 0.25) is 23.6 Å². The van der Waals surface area contributed by atoms with Crippen molar-refractivity contribution in [2.75, 3.05) is 4.90 Å². The lowest BCUT2D eigenvalue weighted by atomic mass is 10.0. The zero-order valence-corrected chi connectivity index (χ0v) is 28.0. The lowest BCUT2D eigenvalue weighted by molar-refractivity contribution is -0.131. The van der Waals surface area contributed by atoms with Crippen LogP contribution in [0.1, 0.15) is 82.1 Å². The molecule has 5 amide bonds. The minimum Gasteiger partial charge on any atom is -0.444 e. The molecule has 0 aromatic heterocycles. The number of nitrogens with one attached hydrogen (secondary N) is 3. The molecule has 2 heterocycles. The Bertz CT molecular complexity index is 1470. The Kier molecular flexibility index (Phi) is 10.6. The Morgan fingerprint density at radius 3 is 2.38 bits per heavy atom. The maximum atomic E-state index is 14.0. The summed E-state index contributed by atoms with van der Waals surface area (Å²) in [6.07, 6.45) is 0.162. The molecule has 0 bridgehead atoms. The average molecular weight is 685 g/mol. The smallest absolute Gasteiger partial charge is 0.408 e. The van der Waals surface area contributed by atoms with Crippen LogP contribution in [0.15, 0.2) is 40.9 Å². The number of benzene rings is 2. The molecule has 0 saturated carbocycles. The van der Waals surface area contributed by atoms with Crippen molar-refractivity contribution in [2.45, 2.75) is 103 Å². The van der Waals surface area contributed by atoms with Gasteiger partial charge in [0.1, 0.15) is 23.7 Å². The van der Waals surface area contributed by atoms with E-state index < -0.39 is 53.4 Å². The fourth-order valence-electron chi connectivity index (χ4n) is 5.63. The van der Waals surface area contributed by atoms with Crippen LogP contribution in [-0.4, -0.2) is 53.4 Å². The molecule has 4 rings (SSSR count). The van der Waals surface area contributed by atoms with Crippen LogP contribution in [0.2, 0.25) is 0 Å². The first kappa shape index (κ1) is 34.0. The first-order valence-electron chi connectivity index (χ1n) is 15.2. The van der Waals surface area contributed by atoms with Crippen molar-refractivity contribution < 1.29 is 28.7 Å². The molecule has 0 radical (unpaired) electrons. The highest BCUT2D eigenvalue weighted by Gasteiger charge is 2.45. The summed E-state index contributed by atoms with van der Waals surface area (Å²) >= 11 is 3.54. The Labute approximate surface area is 272 Å². The number of halogens is 1. The fraction of sp³-hybridized carbons (Fsp3) is 0.485. The number of carbonyl (C=O) groups is 5. The summed E-state index contributed by atoms with van der Waals surface area (Å²) in [4.78, 5) is 66.8. The number of nitrogens with zero attached hydrogens (tertiary/aromatic N) is 1. The number of rotatable bonds is 10. The molecule has 0 unspecified atom stereocenters. The van der Waals surface area contributed by atoms with Crippen molar-refractivity contribution in [2.24, 2.45) is 5.73 Å². The number of nitrogens with two attached hydrogens (primary N) is 1. The van der Waals surface area contributed by atoms with E-state index in [0.717, 1.165) is 21.2 Å². The minimum absolute atomic E-state index is 0.00751. The molecule has 0 spiro atoms. The lowest BCUT2D eigenvalue weighted by Crippen LogP contribution is -2.57. The molecule has 11 nitrogen and oxygen atoms in total. The molecule has 2 aromatic rings. The number of ether oxygens (including phenoxy) is 1. The van der Waals surface area contributed by atoms with Crippen molar-refractivity contribution in [1.29, 1.82) is 0 Å². The van der Waals surface area contributed by atoms with Crippen molar-refractivity contribution in [3.05, 3.63) is 63.1 Å². The summed E-state index contributed by atoms with van der Waals surface area (Å²) in [5, 5.41) is 8.32. The number of hydrogen-bond donors (Lipinski definition) is 4. The van der Waals surface area contributed by atoms with Gasteiger partial charge in [0.15, 0.2) is 0 Å². The molecule has 45 heavy (non-hydrogen) atoms. The van der Waals surface area contributed by atoms with Gasteiger partial charge in [-0.2, -0.15) is 0 Å². The maximum Gasteiger partial charge on any atom is 0.408 e. The van der Waals surface area contributed by atoms with E-state index in [1.54, 1.807) is 20.8 Å². The van der Waals surface area contributed by atoms with Crippen LogP contribution in [0.5, 0.6) is 0 Å². The molecule has 3 atom stereocenters. The van der Waals surface area contributed by atoms with E-state index in [1.165, 1.54) is 10.5 Å². The normalized spacial score (nSPS) is 18.1. The summed E-state index contributed by atoms with van der Waals surface area (Å²) in [7, 11) is 0. The summed E-state index contributed by atoms with van der Waals surface area (Å²) in [6, 6.07) is 8.69. The first-order chi connectivity index (χ1) is 21.1. The van der Waals surface area contributed by atoms with E-state index in [2.05, 4.69) is 45.7 Å². The minimum atomic E-state index is -1.06. The molecular formula is C33H42BrN5O6. The number of anilines is 1. The predicted octanol–water partition coefficient (Wildman–Crippen LogP) is 3.74. The zero-order chi connectivity index (χ0) is 33.1. The maximum absolute atomic E-state index is 14.0. The average Bonchev–Trinajstić information content (AvgIpc) is 3.28. The third-order valence-corrected chi connectivity index (χ3v) is 8.31. The van der Waals surface area contributed by atoms with Gasteiger partial charge in [0.05, 0.1) is 5.69 Å². The Hall–Kier alpha value is -3.93. The summed E-state index contributed by atoms with van der Waals surface area (Å²) in [5.41, 5.74) is 8.99. The molecule has 0 aliphatic carbocycles. The molecule has 0 fully saturated rings. The van der Waals surface area contributed by atoms with Crippen molar-refractivity contribution in [3.8, 4) is 0 Å². The van der Waals surface area contributed by atoms with Crippen LogP contribution >= 0.6 is 15.9 Å². The van der Waals surface area contributed by atoms with Gasteiger partial charge in [0.25, 0.3) is 0 Å². The van der Waals surface area contributed by atoms with Crippen LogP contribution in [0.3, 0.4) is 0 Å². The van der Waals surface area contributed by atoms with Crippen molar-refractivity contribution in [1.82, 2.24) is 16.0 Å². The standard InChI is InChI=1S/C33H42BrN5O6/c1-18(2)20-8-6-19(7-9-20)17-36-29(41)24(12-13-27(35)40)37-30(42)26-16-22-15-23(34)14-21-10-11-25(31(43)39(26)28(21)22)38-32(44)45-33(3,4)5/h6-9,14-15,18,24-26H,10-13,16-17H2,1-5H3,(H2,35,40)(H,36,41)(H,37,42)(H,38,44)/t24-,25-,26-/m0/s1. The number of primary amides is 1. The van der Waals surface area contributed by atoms with E-state index in [1.807, 2.05) is 36.4 Å². The summed E-state index contributed by atoms with van der Waals surface area (Å²) < 4.78 is 6.20. The number of aryl methyl sites for hydroxylation is 1. The number of amides is 5. The second-order valence-corrected chi connectivity index (χ2v) is 13.8. The Balaban J connectivity index is 1.54. The van der Waals surface area contributed by atoms with Gasteiger partial charge in [0, 0.05) is 23.9 Å². The molecule has 2 aromatic carbocycles. The molecular weight excluding hydrogens is 642 g/mol. The molecule has 0 saturated heterocycles. The topological polar surface area (TPSA) is 160 Å². The van der Waals surface area contributed by atoms with Crippen LogP contribution in [0.4, 0.5) is 10.5 Å². The third-order valence-electron chi connectivity index (χ3n) is 7.86. The number of alkyl carbamates (subject to hydrolysis) is 1. The van der Waals surface area contributed by atoms with Gasteiger partial charge >= 0.3 is 6.09 Å². The number of carbonyl (C=O) groups excluding carboxylic acids is 5. The van der Waals surface area contributed by atoms with Crippen LogP contribution < -0.4 is 26.6 Å². The Morgan fingerprint density at radius 2 is 1.76 bits per heavy atom. The zero-order valence-electron chi connectivity index (χ0n) is 26.4. The van der Waals surface area contributed by atoms with E-state index in [9.17, 15) is 24.0 Å². The van der Waals surface area contributed by atoms with Gasteiger partial charge in [-0.1, -0.05) is 54.0 Å². The molecule has 242 valence electrons. The summed E-state index contributed by atoms with van der Waals surface area (Å²) in [5.74, 6) is -1.69. The van der Waals surface area contributed by atoms with E-state index in [-0.39, 0.29) is 25.8 Å². The SMILES string of the molecule is CC(C)c1ccc(CNC(=O)[C@H](CCC(N)=O)NC(=O)[C@@H]2Cc3cc(Br)cc4c3N2C(=O)[C@@H](NC(=O)OC(C)(C)C)CC4)cc1. The quantitative estimate of drug-likeness (QED) is 0.299. The van der Waals surface area contributed by atoms with E-state index in [0.29, 0.717) is 24.4 Å². The van der Waals surface area contributed by atoms with Gasteiger partial charge in [-0.05, 0) is 80.3 Å². The van der Waals surface area contributed by atoms with Gasteiger partial charge in [-0.15, -0.1) is 0 Å². The molecule has 12 heteroatoms. The van der Waals surface area contributed by atoms with Crippen LogP contribution in [0, 0.1) is 0 Å². The second-order valence-electron chi connectivity index (χ2n) is 12.9. The third kappa shape index (κ3) is 8.62. The summed E-state index contributed by atoms with van der Waals surface area (Å²) in [6.45, 7) is 9.62. The monoisotopic (exact) mass is 683 g/mol. The van der Waals surface area contributed by atoms with Crippen LogP contribution in [0.25, 0.3) is 0 Å². The number of hydrogen-bond acceptors (Lipinski definition) is 6. The Morgan fingerprint density at radius 1 is 1.09 bits per heavy atom. The first-order valence-corrected chi connectivity index (χ1v) is 16.0. The second kappa shape index (κ2) is 14.0. The van der Waals surface area contributed by atoms with Crippen molar-refractivity contribution >= 4 is 51.3 Å². The molecule has 2 aliphatic rings. The van der Waals surface area contributed by atoms with Gasteiger partial charge in [-0.3, -0.25) is 24.1 Å². The molecule has 5 N–H and O–H groups in total. The lowest BCUT2D eigenvalue weighted by Gasteiger charge is -2.29. The van der Waals surface area contributed by atoms with E-state index >= 15 is 0 Å².